The fourth-order valence-electron chi connectivity index (χ4n) is 2.83. The van der Waals surface area contributed by atoms with Gasteiger partial charge in [0.1, 0.15) is 17.5 Å². The van der Waals surface area contributed by atoms with Gasteiger partial charge in [-0.2, -0.15) is 0 Å². The molecule has 1 saturated heterocycles. The number of nitrogens with two attached hydrogens (primary N) is 1. The Hall–Kier alpha value is -0.770. The first-order valence-corrected chi connectivity index (χ1v) is 7.40. The summed E-state index contributed by atoms with van der Waals surface area (Å²) < 4.78 is 12.3. The monoisotopic (exact) mass is 297 g/mol. The van der Waals surface area contributed by atoms with Gasteiger partial charge in [-0.25, -0.2) is 0 Å². The minimum absolute atomic E-state index is 0.00354. The first-order valence-electron chi connectivity index (χ1n) is 7.02. The van der Waals surface area contributed by atoms with Crippen molar-refractivity contribution in [1.29, 1.82) is 0 Å². The Labute approximate surface area is 126 Å². The van der Waals surface area contributed by atoms with E-state index in [1.165, 1.54) is 0 Å². The molecule has 1 heterocycles. The molecule has 2 atom stereocenters. The molecule has 1 aromatic carbocycles. The van der Waals surface area contributed by atoms with Crippen molar-refractivity contribution < 1.29 is 9.47 Å². The molecule has 0 spiro atoms. The second-order valence-corrected chi connectivity index (χ2v) is 7.18. The minimum Gasteiger partial charge on any atom is -0.487 e. The van der Waals surface area contributed by atoms with Gasteiger partial charge in [0.05, 0.1) is 5.60 Å². The Morgan fingerprint density at radius 3 is 2.50 bits per heavy atom. The fourth-order valence-corrected chi connectivity index (χ4v) is 3.01. The third-order valence-electron chi connectivity index (χ3n) is 3.72. The van der Waals surface area contributed by atoms with Crippen LogP contribution in [0.25, 0.3) is 0 Å². The smallest absolute Gasteiger partial charge is 0.130 e. The summed E-state index contributed by atoms with van der Waals surface area (Å²) >= 11 is 6.04. The molecule has 1 fully saturated rings. The Kier molecular flexibility index (Phi) is 4.07. The van der Waals surface area contributed by atoms with Crippen LogP contribution in [0.5, 0.6) is 5.75 Å². The molecule has 2 rings (SSSR count). The van der Waals surface area contributed by atoms with Gasteiger partial charge in [0.2, 0.25) is 0 Å². The van der Waals surface area contributed by atoms with Crippen molar-refractivity contribution in [3.8, 4) is 5.75 Å². The molecule has 2 N–H and O–H groups in total. The molecule has 3 nitrogen and oxygen atoms in total. The lowest BCUT2D eigenvalue weighted by Gasteiger charge is -2.28. The van der Waals surface area contributed by atoms with Crippen LogP contribution in [0.1, 0.15) is 52.6 Å². The lowest BCUT2D eigenvalue weighted by molar-refractivity contribution is -0.0847. The summed E-state index contributed by atoms with van der Waals surface area (Å²) in [5, 5.41) is 0.673. The van der Waals surface area contributed by atoms with Gasteiger partial charge in [0.15, 0.2) is 0 Å². The lowest BCUT2D eigenvalue weighted by Crippen LogP contribution is -2.37. The molecule has 20 heavy (non-hydrogen) atoms. The molecule has 0 radical (unpaired) electrons. The molecule has 0 amide bonds. The Morgan fingerprint density at radius 1 is 1.35 bits per heavy atom. The van der Waals surface area contributed by atoms with E-state index < -0.39 is 0 Å². The van der Waals surface area contributed by atoms with Gasteiger partial charge in [-0.1, -0.05) is 11.6 Å². The van der Waals surface area contributed by atoms with E-state index in [9.17, 15) is 0 Å². The fraction of sp³-hybridized carbons (Fsp3) is 0.625. The molecule has 0 bridgehead atoms. The van der Waals surface area contributed by atoms with Crippen LogP contribution >= 0.6 is 11.6 Å². The van der Waals surface area contributed by atoms with E-state index in [-0.39, 0.29) is 23.3 Å². The zero-order chi connectivity index (χ0) is 15.1. The number of hydrogen-bond acceptors (Lipinski definition) is 3. The number of ether oxygens (including phenoxy) is 2. The van der Waals surface area contributed by atoms with Crippen molar-refractivity contribution in [1.82, 2.24) is 0 Å². The van der Waals surface area contributed by atoms with Gasteiger partial charge in [-0.05, 0) is 52.8 Å². The molecular weight excluding hydrogens is 274 g/mol. The van der Waals surface area contributed by atoms with Crippen LogP contribution in [-0.2, 0) is 4.74 Å². The normalized spacial score (nSPS) is 25.4. The van der Waals surface area contributed by atoms with Crippen molar-refractivity contribution in [2.75, 3.05) is 0 Å². The zero-order valence-corrected chi connectivity index (χ0v) is 13.6. The molecule has 1 aromatic rings. The maximum absolute atomic E-state index is 6.21. The highest BCUT2D eigenvalue weighted by atomic mass is 35.5. The first-order chi connectivity index (χ1) is 9.11. The summed E-state index contributed by atoms with van der Waals surface area (Å²) in [7, 11) is 0. The summed E-state index contributed by atoms with van der Waals surface area (Å²) in [5.74, 6) is 0.795. The van der Waals surface area contributed by atoms with Gasteiger partial charge in [-0.15, -0.1) is 0 Å². The van der Waals surface area contributed by atoms with E-state index >= 15 is 0 Å². The maximum atomic E-state index is 6.21. The number of halogens is 1. The van der Waals surface area contributed by atoms with Crippen molar-refractivity contribution >= 4 is 11.6 Å². The van der Waals surface area contributed by atoms with Crippen LogP contribution < -0.4 is 10.5 Å². The van der Waals surface area contributed by atoms with E-state index in [1.807, 2.05) is 25.1 Å². The zero-order valence-electron chi connectivity index (χ0n) is 12.9. The predicted molar refractivity (Wildman–Crippen MR) is 82.3 cm³/mol. The third-order valence-corrected chi connectivity index (χ3v) is 3.96. The Bertz CT molecular complexity index is 497. The topological polar surface area (TPSA) is 44.5 Å². The highest BCUT2D eigenvalue weighted by molar-refractivity contribution is 6.30. The minimum atomic E-state index is -0.321. The molecule has 4 heteroatoms. The predicted octanol–water partition coefficient (Wildman–Crippen LogP) is 4.08. The second-order valence-electron chi connectivity index (χ2n) is 6.75. The third kappa shape index (κ3) is 3.27. The van der Waals surface area contributed by atoms with Crippen molar-refractivity contribution in [3.05, 3.63) is 28.8 Å². The molecular formula is C16H24ClNO2. The number of rotatable bonds is 3. The molecule has 0 saturated carbocycles. The number of hydrogen-bond donors (Lipinski definition) is 1. The van der Waals surface area contributed by atoms with Crippen LogP contribution in [0, 0.1) is 0 Å². The first kappa shape index (κ1) is 15.6. The van der Waals surface area contributed by atoms with Crippen LogP contribution in [0.2, 0.25) is 5.02 Å². The summed E-state index contributed by atoms with van der Waals surface area (Å²) in [6.07, 6.45) is 0.845. The summed E-state index contributed by atoms with van der Waals surface area (Å²) in [5.41, 5.74) is 6.44. The molecule has 1 aliphatic rings. The largest absolute Gasteiger partial charge is 0.487 e. The van der Waals surface area contributed by atoms with E-state index in [0.29, 0.717) is 5.02 Å². The van der Waals surface area contributed by atoms with E-state index in [2.05, 4.69) is 27.7 Å². The molecule has 0 aliphatic carbocycles. The molecule has 112 valence electrons. The van der Waals surface area contributed by atoms with Crippen molar-refractivity contribution in [2.45, 2.75) is 64.4 Å². The highest BCUT2D eigenvalue weighted by Gasteiger charge is 2.47. The van der Waals surface area contributed by atoms with E-state index in [0.717, 1.165) is 17.7 Å². The quantitative estimate of drug-likeness (QED) is 0.914. The standard InChI is InChI=1S/C16H24ClNO2/c1-10(18)12-8-11(17)6-7-13(12)19-14-9-15(2,3)20-16(14,4)5/h6-8,10,14H,9,18H2,1-5H3. The molecule has 1 aliphatic heterocycles. The van der Waals surface area contributed by atoms with Crippen LogP contribution in [0.3, 0.4) is 0 Å². The Morgan fingerprint density at radius 2 is 2.00 bits per heavy atom. The van der Waals surface area contributed by atoms with Gasteiger partial charge in [0, 0.05) is 23.0 Å². The van der Waals surface area contributed by atoms with Crippen molar-refractivity contribution in [2.24, 2.45) is 5.73 Å². The van der Waals surface area contributed by atoms with Gasteiger partial charge >= 0.3 is 0 Å². The lowest BCUT2D eigenvalue weighted by atomic mass is 9.97. The van der Waals surface area contributed by atoms with Gasteiger partial charge in [-0.3, -0.25) is 0 Å². The van der Waals surface area contributed by atoms with Gasteiger partial charge < -0.3 is 15.2 Å². The summed E-state index contributed by atoms with van der Waals surface area (Å²) in [6, 6.07) is 5.47. The van der Waals surface area contributed by atoms with Crippen LogP contribution in [-0.4, -0.2) is 17.3 Å². The van der Waals surface area contributed by atoms with E-state index in [4.69, 9.17) is 26.8 Å². The Balaban J connectivity index is 2.27. The molecule has 2 unspecified atom stereocenters. The van der Waals surface area contributed by atoms with E-state index in [1.54, 1.807) is 0 Å². The SMILES string of the molecule is CC(N)c1cc(Cl)ccc1OC1CC(C)(C)OC1(C)C. The van der Waals surface area contributed by atoms with Crippen molar-refractivity contribution in [3.63, 3.8) is 0 Å². The van der Waals surface area contributed by atoms with Gasteiger partial charge in [0.25, 0.3) is 0 Å². The highest BCUT2D eigenvalue weighted by Crippen LogP contribution is 2.40. The maximum Gasteiger partial charge on any atom is 0.130 e. The summed E-state index contributed by atoms with van der Waals surface area (Å²) in [4.78, 5) is 0. The number of benzene rings is 1. The van der Waals surface area contributed by atoms with Crippen LogP contribution in [0.4, 0.5) is 0 Å². The average molecular weight is 298 g/mol. The summed E-state index contributed by atoms with van der Waals surface area (Å²) in [6.45, 7) is 10.2. The van der Waals surface area contributed by atoms with Crippen LogP contribution in [0.15, 0.2) is 18.2 Å². The average Bonchev–Trinajstić information content (AvgIpc) is 2.48. The second kappa shape index (κ2) is 5.21. The molecule has 0 aromatic heterocycles.